The number of aryl methyl sites for hydroxylation is 1. The van der Waals surface area contributed by atoms with Crippen LogP contribution in [0.25, 0.3) is 27.4 Å². The van der Waals surface area contributed by atoms with Crippen LogP contribution in [-0.4, -0.2) is 41.1 Å². The lowest BCUT2D eigenvalue weighted by Gasteiger charge is -2.33. The van der Waals surface area contributed by atoms with Gasteiger partial charge >= 0.3 is 0 Å². The van der Waals surface area contributed by atoms with E-state index < -0.39 is 6.04 Å². The van der Waals surface area contributed by atoms with Crippen molar-refractivity contribution < 1.29 is 14.3 Å². The van der Waals surface area contributed by atoms with Gasteiger partial charge in [-0.05, 0) is 83.6 Å². The average molecular weight is 626 g/mol. The number of para-hydroxylation sites is 1. The van der Waals surface area contributed by atoms with Crippen molar-refractivity contribution in [1.82, 2.24) is 14.5 Å². The Bertz CT molecular complexity index is 2100. The molecular weight excluding hydrogens is 586 g/mol. The van der Waals surface area contributed by atoms with E-state index in [9.17, 15) is 9.59 Å². The molecule has 238 valence electrons. The summed E-state index contributed by atoms with van der Waals surface area (Å²) in [5.41, 5.74) is 3.93. The minimum atomic E-state index is -0.509. The zero-order valence-corrected chi connectivity index (χ0v) is 27.3. The van der Waals surface area contributed by atoms with Gasteiger partial charge in [-0.3, -0.25) is 14.2 Å². The number of amides is 1. The maximum Gasteiger partial charge on any atom is 0.266 e. The van der Waals surface area contributed by atoms with Crippen LogP contribution in [0.4, 0.5) is 0 Å². The molecule has 1 unspecified atom stereocenters. The molecule has 5 aromatic carbocycles. The molecule has 0 saturated heterocycles. The van der Waals surface area contributed by atoms with Gasteiger partial charge in [-0.2, -0.15) is 0 Å². The van der Waals surface area contributed by atoms with Gasteiger partial charge in [0.1, 0.15) is 5.82 Å². The molecule has 7 heteroatoms. The Kier molecular flexibility index (Phi) is 9.34. The van der Waals surface area contributed by atoms with Crippen LogP contribution in [0.2, 0.25) is 0 Å². The zero-order valence-electron chi connectivity index (χ0n) is 27.3. The van der Waals surface area contributed by atoms with Gasteiger partial charge in [0.2, 0.25) is 0 Å². The van der Waals surface area contributed by atoms with Gasteiger partial charge in [0.05, 0.1) is 36.9 Å². The number of fused-ring (bicyclic) bond motifs is 2. The van der Waals surface area contributed by atoms with Crippen LogP contribution < -0.4 is 15.0 Å². The molecule has 0 saturated carbocycles. The maximum atomic E-state index is 14.8. The summed E-state index contributed by atoms with van der Waals surface area (Å²) in [6.45, 7) is 4.52. The smallest absolute Gasteiger partial charge is 0.266 e. The standard InChI is InChI=1S/C40H39N3O4/c1-5-27-18-21-30(22-19-27)43-38(41-34-17-10-9-15-33(34)40(43)45)35(6-2)42(25-24-28-20-23-36(46-3)37(26-28)47-4)39(44)32-16-11-13-29-12-7-8-14-31(29)32/h7-23,26,35H,5-6,24-25H2,1-4H3. The third-order valence-corrected chi connectivity index (χ3v) is 8.84. The second-order valence-corrected chi connectivity index (χ2v) is 11.5. The van der Waals surface area contributed by atoms with Crippen LogP contribution in [0.3, 0.4) is 0 Å². The average Bonchev–Trinajstić information content (AvgIpc) is 3.12. The van der Waals surface area contributed by atoms with E-state index >= 15 is 0 Å². The SMILES string of the molecule is CCc1ccc(-n2c(C(CC)N(CCc3ccc(OC)c(OC)c3)C(=O)c3cccc4ccccc34)nc3ccccc3c2=O)cc1. The van der Waals surface area contributed by atoms with Gasteiger partial charge < -0.3 is 14.4 Å². The highest BCUT2D eigenvalue weighted by atomic mass is 16.5. The van der Waals surface area contributed by atoms with Crippen LogP contribution in [0.15, 0.2) is 114 Å². The monoisotopic (exact) mass is 625 g/mol. The minimum Gasteiger partial charge on any atom is -0.493 e. The first kappa shape index (κ1) is 31.5. The summed E-state index contributed by atoms with van der Waals surface area (Å²) < 4.78 is 12.7. The number of aromatic nitrogens is 2. The van der Waals surface area contributed by atoms with Crippen molar-refractivity contribution >= 4 is 27.6 Å². The molecule has 7 nitrogen and oxygen atoms in total. The number of methoxy groups -OCH3 is 2. The summed E-state index contributed by atoms with van der Waals surface area (Å²) >= 11 is 0. The van der Waals surface area contributed by atoms with Crippen LogP contribution >= 0.6 is 0 Å². The minimum absolute atomic E-state index is 0.121. The fourth-order valence-corrected chi connectivity index (χ4v) is 6.30. The molecule has 1 heterocycles. The Labute approximate surface area is 275 Å². The Balaban J connectivity index is 1.52. The molecule has 1 aromatic heterocycles. The van der Waals surface area contributed by atoms with Gasteiger partial charge in [0, 0.05) is 12.1 Å². The topological polar surface area (TPSA) is 73.7 Å². The van der Waals surface area contributed by atoms with Crippen molar-refractivity contribution in [1.29, 1.82) is 0 Å². The zero-order chi connectivity index (χ0) is 32.9. The van der Waals surface area contributed by atoms with Crippen LogP contribution in [0.1, 0.15) is 53.6 Å². The predicted molar refractivity (Wildman–Crippen MR) is 188 cm³/mol. The molecule has 0 spiro atoms. The van der Waals surface area contributed by atoms with Crippen molar-refractivity contribution in [3.8, 4) is 17.2 Å². The number of carbonyl (C=O) groups excluding carboxylic acids is 1. The number of hydrogen-bond donors (Lipinski definition) is 0. The van der Waals surface area contributed by atoms with Crippen molar-refractivity contribution in [2.24, 2.45) is 0 Å². The number of carbonyl (C=O) groups is 1. The summed E-state index contributed by atoms with van der Waals surface area (Å²) in [5.74, 6) is 1.68. The lowest BCUT2D eigenvalue weighted by molar-refractivity contribution is 0.0664. The van der Waals surface area contributed by atoms with E-state index in [1.165, 1.54) is 5.56 Å². The van der Waals surface area contributed by atoms with E-state index in [0.717, 1.165) is 28.4 Å². The second kappa shape index (κ2) is 13.9. The normalized spacial score (nSPS) is 11.8. The first-order chi connectivity index (χ1) is 23.0. The first-order valence-electron chi connectivity index (χ1n) is 16.1. The molecule has 6 aromatic rings. The van der Waals surface area contributed by atoms with Crippen molar-refractivity contribution in [2.45, 2.75) is 39.2 Å². The van der Waals surface area contributed by atoms with Crippen LogP contribution in [0, 0.1) is 0 Å². The maximum absolute atomic E-state index is 14.8. The molecule has 0 bridgehead atoms. The highest BCUT2D eigenvalue weighted by Crippen LogP contribution is 2.32. The number of hydrogen-bond acceptors (Lipinski definition) is 5. The second-order valence-electron chi connectivity index (χ2n) is 11.5. The highest BCUT2D eigenvalue weighted by Gasteiger charge is 2.30. The summed E-state index contributed by atoms with van der Waals surface area (Å²) in [6, 6.07) is 34.5. The molecule has 0 aliphatic heterocycles. The number of ether oxygens (including phenoxy) is 2. The molecule has 47 heavy (non-hydrogen) atoms. The molecule has 1 amide bonds. The van der Waals surface area contributed by atoms with Crippen molar-refractivity contribution in [2.75, 3.05) is 20.8 Å². The van der Waals surface area contributed by atoms with E-state index in [1.807, 2.05) is 121 Å². The first-order valence-corrected chi connectivity index (χ1v) is 16.1. The van der Waals surface area contributed by atoms with E-state index in [-0.39, 0.29) is 11.5 Å². The van der Waals surface area contributed by atoms with Crippen molar-refractivity contribution in [3.63, 3.8) is 0 Å². The molecule has 0 aliphatic carbocycles. The van der Waals surface area contributed by atoms with Gasteiger partial charge in [-0.1, -0.05) is 80.6 Å². The lowest BCUT2D eigenvalue weighted by atomic mass is 10.0. The number of rotatable bonds is 11. The Morgan fingerprint density at radius 1 is 0.787 bits per heavy atom. The molecule has 6 rings (SSSR count). The molecule has 0 aliphatic rings. The number of nitrogens with zero attached hydrogens (tertiary/aromatic N) is 3. The molecule has 0 N–H and O–H groups in total. The van der Waals surface area contributed by atoms with Gasteiger partial charge in [0.15, 0.2) is 11.5 Å². The summed E-state index contributed by atoms with van der Waals surface area (Å²) in [7, 11) is 3.22. The van der Waals surface area contributed by atoms with Gasteiger partial charge in [-0.15, -0.1) is 0 Å². The Hall–Kier alpha value is -5.43. The van der Waals surface area contributed by atoms with Gasteiger partial charge in [0.25, 0.3) is 11.5 Å². The predicted octanol–water partition coefficient (Wildman–Crippen LogP) is 7.95. The van der Waals surface area contributed by atoms with Gasteiger partial charge in [-0.25, -0.2) is 4.98 Å². The third kappa shape index (κ3) is 6.21. The molecule has 1 atom stereocenters. The largest absolute Gasteiger partial charge is 0.493 e. The summed E-state index contributed by atoms with van der Waals surface area (Å²) in [5, 5.41) is 2.40. The fraction of sp³-hybridized carbons (Fsp3) is 0.225. The Morgan fingerprint density at radius 2 is 1.47 bits per heavy atom. The van der Waals surface area contributed by atoms with Crippen molar-refractivity contribution in [3.05, 3.63) is 142 Å². The number of benzene rings is 5. The van der Waals surface area contributed by atoms with E-state index in [1.54, 1.807) is 18.8 Å². The lowest BCUT2D eigenvalue weighted by Crippen LogP contribution is -2.40. The van der Waals surface area contributed by atoms with E-state index in [2.05, 4.69) is 6.92 Å². The molecule has 0 radical (unpaired) electrons. The fourth-order valence-electron chi connectivity index (χ4n) is 6.30. The van der Waals surface area contributed by atoms with Crippen LogP contribution in [-0.2, 0) is 12.8 Å². The molecular formula is C40H39N3O4. The van der Waals surface area contributed by atoms with E-state index in [0.29, 0.717) is 53.2 Å². The van der Waals surface area contributed by atoms with Crippen LogP contribution in [0.5, 0.6) is 11.5 Å². The summed E-state index contributed by atoms with van der Waals surface area (Å²) in [4.78, 5) is 36.1. The third-order valence-electron chi connectivity index (χ3n) is 8.84. The summed E-state index contributed by atoms with van der Waals surface area (Å²) in [6.07, 6.45) is 1.98. The Morgan fingerprint density at radius 3 is 2.19 bits per heavy atom. The molecule has 0 fully saturated rings. The highest BCUT2D eigenvalue weighted by molar-refractivity contribution is 6.07. The van der Waals surface area contributed by atoms with E-state index in [4.69, 9.17) is 14.5 Å². The quantitative estimate of drug-likeness (QED) is 0.146.